The molecule has 5 nitrogen and oxygen atoms in total. The third kappa shape index (κ3) is 9.08. The Morgan fingerprint density at radius 2 is 1.50 bits per heavy atom. The molecule has 0 saturated carbocycles. The van der Waals surface area contributed by atoms with Gasteiger partial charge in [0.15, 0.2) is 0 Å². The SMILES string of the molecule is CCC(=O)OCc1ccccc1NC(=O)N(CCc1ccccc1)CC(C)(C)SCc1ccccc1. The normalized spacial score (nSPS) is 11.1. The first-order chi connectivity index (χ1) is 17.4. The van der Waals surface area contributed by atoms with E-state index in [2.05, 4.69) is 55.6 Å². The Morgan fingerprint density at radius 3 is 2.17 bits per heavy atom. The summed E-state index contributed by atoms with van der Waals surface area (Å²) in [5.41, 5.74) is 3.89. The molecule has 36 heavy (non-hydrogen) atoms. The highest BCUT2D eigenvalue weighted by Gasteiger charge is 2.26. The highest BCUT2D eigenvalue weighted by Crippen LogP contribution is 2.29. The molecule has 0 saturated heterocycles. The average molecular weight is 505 g/mol. The first-order valence-electron chi connectivity index (χ1n) is 12.4. The van der Waals surface area contributed by atoms with Gasteiger partial charge in [0.05, 0.1) is 0 Å². The Balaban J connectivity index is 1.71. The van der Waals surface area contributed by atoms with Gasteiger partial charge in [-0.25, -0.2) is 4.79 Å². The van der Waals surface area contributed by atoms with E-state index in [1.807, 2.05) is 65.2 Å². The third-order valence-corrected chi connectivity index (χ3v) is 7.17. The van der Waals surface area contributed by atoms with Gasteiger partial charge in [-0.05, 0) is 37.5 Å². The lowest BCUT2D eigenvalue weighted by Crippen LogP contribution is -2.44. The molecule has 0 bridgehead atoms. The summed E-state index contributed by atoms with van der Waals surface area (Å²) in [7, 11) is 0. The number of rotatable bonds is 12. The fourth-order valence-corrected chi connectivity index (χ4v) is 4.74. The number of amides is 2. The standard InChI is InChI=1S/C30H36N2O3S/c1-4-28(33)35-21-26-17-11-12-18-27(26)31-29(34)32(20-19-24-13-7-5-8-14-24)23-30(2,3)36-22-25-15-9-6-10-16-25/h5-18H,4,19-23H2,1-3H3,(H,31,34). The van der Waals surface area contributed by atoms with Gasteiger partial charge in [-0.15, -0.1) is 11.8 Å². The number of para-hydroxylation sites is 1. The van der Waals surface area contributed by atoms with E-state index >= 15 is 0 Å². The largest absolute Gasteiger partial charge is 0.461 e. The summed E-state index contributed by atoms with van der Waals surface area (Å²) in [5, 5.41) is 3.07. The van der Waals surface area contributed by atoms with Crippen molar-refractivity contribution in [3.63, 3.8) is 0 Å². The van der Waals surface area contributed by atoms with Gasteiger partial charge in [-0.1, -0.05) is 85.8 Å². The maximum Gasteiger partial charge on any atom is 0.321 e. The monoisotopic (exact) mass is 504 g/mol. The minimum absolute atomic E-state index is 0.131. The molecule has 6 heteroatoms. The van der Waals surface area contributed by atoms with Crippen molar-refractivity contribution in [2.75, 3.05) is 18.4 Å². The fraction of sp³-hybridized carbons (Fsp3) is 0.333. The maximum absolute atomic E-state index is 13.5. The minimum Gasteiger partial charge on any atom is -0.461 e. The molecule has 3 aromatic carbocycles. The van der Waals surface area contributed by atoms with Gasteiger partial charge in [0, 0.05) is 41.3 Å². The summed E-state index contributed by atoms with van der Waals surface area (Å²) in [6, 6.07) is 27.9. The number of hydrogen-bond acceptors (Lipinski definition) is 4. The van der Waals surface area contributed by atoms with Crippen LogP contribution >= 0.6 is 11.8 Å². The number of nitrogens with one attached hydrogen (secondary N) is 1. The molecule has 0 atom stereocenters. The molecule has 0 aliphatic heterocycles. The molecule has 0 heterocycles. The lowest BCUT2D eigenvalue weighted by molar-refractivity contribution is -0.144. The van der Waals surface area contributed by atoms with Crippen LogP contribution in [0.2, 0.25) is 0 Å². The molecule has 190 valence electrons. The van der Waals surface area contributed by atoms with Crippen LogP contribution in [-0.4, -0.2) is 34.7 Å². The van der Waals surface area contributed by atoms with Crippen molar-refractivity contribution in [2.45, 2.75) is 50.7 Å². The fourth-order valence-electron chi connectivity index (χ4n) is 3.74. The van der Waals surface area contributed by atoms with Crippen LogP contribution in [-0.2, 0) is 28.3 Å². The highest BCUT2D eigenvalue weighted by atomic mass is 32.2. The van der Waals surface area contributed by atoms with Gasteiger partial charge in [0.25, 0.3) is 0 Å². The van der Waals surface area contributed by atoms with Crippen LogP contribution in [0.25, 0.3) is 0 Å². The number of esters is 1. The van der Waals surface area contributed by atoms with E-state index in [0.717, 1.165) is 17.7 Å². The molecule has 0 aromatic heterocycles. The Bertz CT molecular complexity index is 1100. The molecular weight excluding hydrogens is 468 g/mol. The predicted octanol–water partition coefficient (Wildman–Crippen LogP) is 6.93. The average Bonchev–Trinajstić information content (AvgIpc) is 2.90. The van der Waals surface area contributed by atoms with Crippen LogP contribution in [0, 0.1) is 0 Å². The number of anilines is 1. The quantitative estimate of drug-likeness (QED) is 0.272. The molecule has 3 aromatic rings. The maximum atomic E-state index is 13.5. The van der Waals surface area contributed by atoms with E-state index in [4.69, 9.17) is 4.74 Å². The predicted molar refractivity (Wildman–Crippen MR) is 149 cm³/mol. The zero-order valence-electron chi connectivity index (χ0n) is 21.4. The van der Waals surface area contributed by atoms with Crippen molar-refractivity contribution in [3.8, 4) is 0 Å². The summed E-state index contributed by atoms with van der Waals surface area (Å²) >= 11 is 1.84. The summed E-state index contributed by atoms with van der Waals surface area (Å²) < 4.78 is 5.16. The van der Waals surface area contributed by atoms with E-state index in [9.17, 15) is 9.59 Å². The Morgan fingerprint density at radius 1 is 0.889 bits per heavy atom. The van der Waals surface area contributed by atoms with E-state index in [1.54, 1.807) is 6.92 Å². The molecule has 0 spiro atoms. The summed E-state index contributed by atoms with van der Waals surface area (Å²) in [4.78, 5) is 27.1. The number of nitrogens with zero attached hydrogens (tertiary/aromatic N) is 1. The number of thioether (sulfide) groups is 1. The van der Waals surface area contributed by atoms with Crippen LogP contribution < -0.4 is 5.32 Å². The zero-order chi connectivity index (χ0) is 25.8. The second-order valence-corrected chi connectivity index (χ2v) is 11.0. The van der Waals surface area contributed by atoms with Gasteiger partial charge >= 0.3 is 12.0 Å². The number of hydrogen-bond donors (Lipinski definition) is 1. The Hall–Kier alpha value is -3.25. The molecular formula is C30H36N2O3S. The third-order valence-electron chi connectivity index (χ3n) is 5.78. The number of carbonyl (C=O) groups is 2. The minimum atomic E-state index is -0.266. The molecule has 0 unspecified atom stereocenters. The lowest BCUT2D eigenvalue weighted by Gasteiger charge is -2.33. The Kier molecular flexibility index (Phi) is 10.4. The number of ether oxygens (including phenoxy) is 1. The van der Waals surface area contributed by atoms with Crippen molar-refractivity contribution in [2.24, 2.45) is 0 Å². The second kappa shape index (κ2) is 13.7. The molecule has 0 aliphatic carbocycles. The van der Waals surface area contributed by atoms with E-state index in [-0.39, 0.29) is 23.4 Å². The van der Waals surface area contributed by atoms with Crippen molar-refractivity contribution in [1.29, 1.82) is 0 Å². The molecule has 0 radical (unpaired) electrons. The van der Waals surface area contributed by atoms with Gasteiger partial charge in [-0.3, -0.25) is 4.79 Å². The first kappa shape index (κ1) is 27.3. The van der Waals surface area contributed by atoms with E-state index in [1.165, 1.54) is 11.1 Å². The summed E-state index contributed by atoms with van der Waals surface area (Å²) in [6.45, 7) is 7.45. The molecule has 0 fully saturated rings. The topological polar surface area (TPSA) is 58.6 Å². The first-order valence-corrected chi connectivity index (χ1v) is 13.4. The number of urea groups is 1. The van der Waals surface area contributed by atoms with Crippen molar-refractivity contribution >= 4 is 29.4 Å². The van der Waals surface area contributed by atoms with E-state index in [0.29, 0.717) is 25.2 Å². The number of carbonyl (C=O) groups excluding carboxylic acids is 2. The highest BCUT2D eigenvalue weighted by molar-refractivity contribution is 7.99. The van der Waals surface area contributed by atoms with Gasteiger partial charge in [0.2, 0.25) is 0 Å². The van der Waals surface area contributed by atoms with Gasteiger partial charge in [-0.2, -0.15) is 0 Å². The van der Waals surface area contributed by atoms with Crippen molar-refractivity contribution < 1.29 is 14.3 Å². The summed E-state index contributed by atoms with van der Waals surface area (Å²) in [6.07, 6.45) is 1.08. The smallest absolute Gasteiger partial charge is 0.321 e. The van der Waals surface area contributed by atoms with E-state index < -0.39 is 0 Å². The Labute approximate surface area is 219 Å². The number of benzene rings is 3. The van der Waals surface area contributed by atoms with Crippen molar-refractivity contribution in [1.82, 2.24) is 4.90 Å². The van der Waals surface area contributed by atoms with Crippen LogP contribution in [0.1, 0.15) is 43.9 Å². The molecule has 0 aliphatic rings. The van der Waals surface area contributed by atoms with Crippen LogP contribution in [0.15, 0.2) is 84.9 Å². The van der Waals surface area contributed by atoms with Crippen molar-refractivity contribution in [3.05, 3.63) is 102 Å². The summed E-state index contributed by atoms with van der Waals surface area (Å²) in [5.74, 6) is 0.617. The van der Waals surface area contributed by atoms with Gasteiger partial charge in [0.1, 0.15) is 6.61 Å². The zero-order valence-corrected chi connectivity index (χ0v) is 22.2. The van der Waals surface area contributed by atoms with Gasteiger partial charge < -0.3 is 15.0 Å². The van der Waals surface area contributed by atoms with Crippen LogP contribution in [0.4, 0.5) is 10.5 Å². The molecule has 1 N–H and O–H groups in total. The lowest BCUT2D eigenvalue weighted by atomic mass is 10.1. The molecule has 3 rings (SSSR count). The second-order valence-electron chi connectivity index (χ2n) is 9.29. The molecule has 2 amide bonds. The van der Waals surface area contributed by atoms with Crippen LogP contribution in [0.3, 0.4) is 0 Å². The van der Waals surface area contributed by atoms with Crippen LogP contribution in [0.5, 0.6) is 0 Å².